The number of aryl methyl sites for hydroxylation is 1. The third-order valence-corrected chi connectivity index (χ3v) is 3.79. The number of nitrogens with one attached hydrogen (secondary N) is 1. The van der Waals surface area contributed by atoms with E-state index in [4.69, 9.17) is 4.74 Å². The topological polar surface area (TPSA) is 105 Å². The predicted molar refractivity (Wildman–Crippen MR) is 76.1 cm³/mol. The van der Waals surface area contributed by atoms with E-state index in [2.05, 4.69) is 4.98 Å². The monoisotopic (exact) mass is 298 g/mol. The third-order valence-electron chi connectivity index (χ3n) is 3.79. The highest BCUT2D eigenvalue weighted by molar-refractivity contribution is 5.05. The van der Waals surface area contributed by atoms with E-state index in [-0.39, 0.29) is 18.9 Å². The molecule has 3 atom stereocenters. The molecule has 1 aromatic heterocycles. The molecule has 1 aliphatic rings. The van der Waals surface area contributed by atoms with Gasteiger partial charge in [0.05, 0.1) is 12.7 Å². The number of ether oxygens (including phenoxy) is 1. The van der Waals surface area contributed by atoms with Crippen LogP contribution in [-0.2, 0) is 10.5 Å². The molecule has 0 unspecified atom stereocenters. The molecule has 1 saturated heterocycles. The Morgan fingerprint density at radius 3 is 2.71 bits per heavy atom. The number of hydrogen-bond donors (Lipinski definition) is 3. The number of aliphatic hydroxyl groups excluding tert-OH is 2. The molecular formula is C14H22N2O5. The second-order valence-electron chi connectivity index (χ2n) is 6.10. The first kappa shape index (κ1) is 15.9. The Labute approximate surface area is 122 Å². The van der Waals surface area contributed by atoms with E-state index < -0.39 is 29.2 Å². The van der Waals surface area contributed by atoms with Crippen LogP contribution in [0.4, 0.5) is 0 Å². The summed E-state index contributed by atoms with van der Waals surface area (Å²) in [7, 11) is 0. The number of aliphatic hydroxyl groups is 2. The quantitative estimate of drug-likeness (QED) is 0.707. The van der Waals surface area contributed by atoms with Crippen molar-refractivity contribution in [2.75, 3.05) is 6.61 Å². The van der Waals surface area contributed by atoms with Crippen molar-refractivity contribution >= 4 is 0 Å². The van der Waals surface area contributed by atoms with Crippen molar-refractivity contribution in [3.8, 4) is 0 Å². The van der Waals surface area contributed by atoms with E-state index in [1.807, 2.05) is 13.8 Å². The lowest BCUT2D eigenvalue weighted by molar-refractivity contribution is -0.129. The Balaban J connectivity index is 2.54. The van der Waals surface area contributed by atoms with Gasteiger partial charge in [-0.25, -0.2) is 4.79 Å². The van der Waals surface area contributed by atoms with Gasteiger partial charge in [0, 0.05) is 18.2 Å². The summed E-state index contributed by atoms with van der Waals surface area (Å²) in [6, 6.07) is 0. The number of rotatable bonds is 4. The Morgan fingerprint density at radius 1 is 1.52 bits per heavy atom. The molecule has 0 amide bonds. The van der Waals surface area contributed by atoms with Gasteiger partial charge in [-0.2, -0.15) is 0 Å². The Hall–Kier alpha value is -1.44. The standard InChI is InChI=1S/C14H22N2O5/c1-8(2)4-14(5-10(18)11(7-17)21-14)16-6-9(3)12(19)15-13(16)20/h6,8,10-11,17-18H,4-5,7H2,1-3H3,(H,15,19,20)/t10-,11+,14+/m0/s1. The minimum atomic E-state index is -1.05. The molecule has 7 nitrogen and oxygen atoms in total. The largest absolute Gasteiger partial charge is 0.394 e. The van der Waals surface area contributed by atoms with Crippen molar-refractivity contribution in [1.82, 2.24) is 9.55 Å². The molecule has 1 aliphatic heterocycles. The highest BCUT2D eigenvalue weighted by atomic mass is 16.6. The number of hydrogen-bond acceptors (Lipinski definition) is 5. The van der Waals surface area contributed by atoms with Crippen molar-refractivity contribution in [3.05, 3.63) is 32.6 Å². The first-order valence-corrected chi connectivity index (χ1v) is 7.09. The molecule has 3 N–H and O–H groups in total. The van der Waals surface area contributed by atoms with Gasteiger partial charge in [-0.05, 0) is 19.3 Å². The molecule has 0 bridgehead atoms. The van der Waals surface area contributed by atoms with E-state index in [1.54, 1.807) is 6.92 Å². The van der Waals surface area contributed by atoms with Crippen molar-refractivity contribution in [1.29, 1.82) is 0 Å². The van der Waals surface area contributed by atoms with Crippen molar-refractivity contribution in [2.45, 2.75) is 51.5 Å². The number of aromatic amines is 1. The minimum absolute atomic E-state index is 0.196. The van der Waals surface area contributed by atoms with Crippen LogP contribution in [0, 0.1) is 12.8 Å². The fourth-order valence-electron chi connectivity index (χ4n) is 2.92. The lowest BCUT2D eigenvalue weighted by Crippen LogP contribution is -2.45. The van der Waals surface area contributed by atoms with Crippen LogP contribution in [0.25, 0.3) is 0 Å². The maximum absolute atomic E-state index is 12.2. The van der Waals surface area contributed by atoms with Crippen LogP contribution in [0.15, 0.2) is 15.8 Å². The lowest BCUT2D eigenvalue weighted by atomic mass is 9.95. The van der Waals surface area contributed by atoms with E-state index >= 15 is 0 Å². The van der Waals surface area contributed by atoms with Gasteiger partial charge in [-0.15, -0.1) is 0 Å². The first-order valence-electron chi connectivity index (χ1n) is 7.09. The summed E-state index contributed by atoms with van der Waals surface area (Å²) in [6.07, 6.45) is 0.555. The second-order valence-corrected chi connectivity index (χ2v) is 6.10. The SMILES string of the molecule is Cc1cn([C@@]2(CC(C)C)C[C@H](O)[C@@H](CO)O2)c(=O)[nH]c1=O. The second kappa shape index (κ2) is 5.75. The zero-order chi connectivity index (χ0) is 15.8. The summed E-state index contributed by atoms with van der Waals surface area (Å²) >= 11 is 0. The molecule has 0 saturated carbocycles. The average Bonchev–Trinajstić information content (AvgIpc) is 2.70. The summed E-state index contributed by atoms with van der Waals surface area (Å²) in [5.41, 5.74) is -1.67. The lowest BCUT2D eigenvalue weighted by Gasteiger charge is -2.32. The van der Waals surface area contributed by atoms with Crippen molar-refractivity contribution < 1.29 is 14.9 Å². The molecule has 2 rings (SSSR count). The van der Waals surface area contributed by atoms with E-state index in [1.165, 1.54) is 10.8 Å². The Bertz CT molecular complexity index is 621. The average molecular weight is 298 g/mol. The normalized spacial score (nSPS) is 29.2. The Kier molecular flexibility index (Phi) is 4.36. The van der Waals surface area contributed by atoms with Gasteiger partial charge in [0.2, 0.25) is 0 Å². The van der Waals surface area contributed by atoms with Gasteiger partial charge in [0.25, 0.3) is 5.56 Å². The maximum atomic E-state index is 12.2. The summed E-state index contributed by atoms with van der Waals surface area (Å²) < 4.78 is 7.16. The van der Waals surface area contributed by atoms with Gasteiger partial charge in [-0.3, -0.25) is 14.3 Å². The van der Waals surface area contributed by atoms with E-state index in [9.17, 15) is 19.8 Å². The zero-order valence-electron chi connectivity index (χ0n) is 12.5. The van der Waals surface area contributed by atoms with Gasteiger partial charge in [-0.1, -0.05) is 13.8 Å². The van der Waals surface area contributed by atoms with Gasteiger partial charge >= 0.3 is 5.69 Å². The number of nitrogens with zero attached hydrogens (tertiary/aromatic N) is 1. The number of aromatic nitrogens is 2. The summed E-state index contributed by atoms with van der Waals surface area (Å²) in [6.45, 7) is 5.24. The summed E-state index contributed by atoms with van der Waals surface area (Å²) in [4.78, 5) is 25.9. The molecule has 0 aromatic carbocycles. The highest BCUT2D eigenvalue weighted by Gasteiger charge is 2.48. The van der Waals surface area contributed by atoms with E-state index in [0.29, 0.717) is 12.0 Å². The molecular weight excluding hydrogens is 276 g/mol. The van der Waals surface area contributed by atoms with Crippen molar-refractivity contribution in [2.24, 2.45) is 5.92 Å². The molecule has 7 heteroatoms. The molecule has 0 aliphatic carbocycles. The summed E-state index contributed by atoms with van der Waals surface area (Å²) in [5, 5.41) is 19.3. The van der Waals surface area contributed by atoms with Crippen LogP contribution in [0.2, 0.25) is 0 Å². The molecule has 118 valence electrons. The van der Waals surface area contributed by atoms with Gasteiger partial charge in [0.1, 0.15) is 6.10 Å². The fourth-order valence-corrected chi connectivity index (χ4v) is 2.92. The highest BCUT2D eigenvalue weighted by Crippen LogP contribution is 2.39. The molecule has 1 fully saturated rings. The van der Waals surface area contributed by atoms with Crippen molar-refractivity contribution in [3.63, 3.8) is 0 Å². The minimum Gasteiger partial charge on any atom is -0.394 e. The van der Waals surface area contributed by atoms with Crippen LogP contribution in [-0.4, -0.2) is 38.6 Å². The van der Waals surface area contributed by atoms with Crippen LogP contribution in [0.1, 0.15) is 32.3 Å². The van der Waals surface area contributed by atoms with Crippen LogP contribution in [0.3, 0.4) is 0 Å². The first-order chi connectivity index (χ1) is 9.79. The maximum Gasteiger partial charge on any atom is 0.330 e. The number of H-pyrrole nitrogens is 1. The van der Waals surface area contributed by atoms with Gasteiger partial charge < -0.3 is 14.9 Å². The van der Waals surface area contributed by atoms with Crippen LogP contribution >= 0.6 is 0 Å². The zero-order valence-corrected chi connectivity index (χ0v) is 12.5. The van der Waals surface area contributed by atoms with Crippen LogP contribution < -0.4 is 11.2 Å². The predicted octanol–water partition coefficient (Wildman–Crippen LogP) is -0.314. The molecule has 0 spiro atoms. The third kappa shape index (κ3) is 2.95. The molecule has 0 radical (unpaired) electrons. The molecule has 1 aromatic rings. The fraction of sp³-hybridized carbons (Fsp3) is 0.714. The van der Waals surface area contributed by atoms with Gasteiger partial charge in [0.15, 0.2) is 5.72 Å². The smallest absolute Gasteiger partial charge is 0.330 e. The molecule has 2 heterocycles. The van der Waals surface area contributed by atoms with Crippen LogP contribution in [0.5, 0.6) is 0 Å². The molecule has 21 heavy (non-hydrogen) atoms. The Morgan fingerprint density at radius 2 is 2.19 bits per heavy atom. The van der Waals surface area contributed by atoms with E-state index in [0.717, 1.165) is 0 Å². The summed E-state index contributed by atoms with van der Waals surface area (Å²) in [5.74, 6) is 0.203.